The van der Waals surface area contributed by atoms with Crippen molar-refractivity contribution in [1.82, 2.24) is 0 Å². The molecule has 3 fully saturated rings. The molecule has 0 radical (unpaired) electrons. The summed E-state index contributed by atoms with van der Waals surface area (Å²) in [5.41, 5.74) is -4.91. The Morgan fingerprint density at radius 1 is 1.00 bits per heavy atom. The van der Waals surface area contributed by atoms with Crippen LogP contribution in [0.3, 0.4) is 0 Å². The lowest BCUT2D eigenvalue weighted by molar-refractivity contribution is -0.327. The number of fused-ring (bicyclic) bond motifs is 4. The Balaban J connectivity index is 1.91. The highest BCUT2D eigenvalue weighted by molar-refractivity contribution is 5.87. The van der Waals surface area contributed by atoms with Crippen molar-refractivity contribution in [2.24, 2.45) is 22.7 Å². The second kappa shape index (κ2) is 7.02. The van der Waals surface area contributed by atoms with Gasteiger partial charge in [0.1, 0.15) is 12.2 Å². The maximum absolute atomic E-state index is 12.3. The highest BCUT2D eigenvalue weighted by atomic mass is 16.7. The third-order valence-electron chi connectivity index (χ3n) is 9.05. The summed E-state index contributed by atoms with van der Waals surface area (Å²) in [6, 6.07) is 0. The summed E-state index contributed by atoms with van der Waals surface area (Å²) >= 11 is 0. The van der Waals surface area contributed by atoms with Gasteiger partial charge in [0.2, 0.25) is 5.79 Å². The molecule has 9 heteroatoms. The Morgan fingerprint density at radius 3 is 2.18 bits per heavy atom. The summed E-state index contributed by atoms with van der Waals surface area (Å²) in [7, 11) is 0. The van der Waals surface area contributed by atoms with Crippen molar-refractivity contribution in [2.45, 2.75) is 96.4 Å². The van der Waals surface area contributed by atoms with Crippen molar-refractivity contribution in [3.8, 4) is 0 Å². The maximum atomic E-state index is 12.3. The standard InChI is InChI=1S/C24H34O9/c1-12(25)31-16-11-20(3,4)24(30)8-7-14-15(21(24,5)19(16)32-13(2)26)10-23(29)17(22(14,6)28)9-18(27)33-23/h9,14-16,19,28-30H,7-8,10-11H2,1-6H3. The number of esters is 3. The minimum atomic E-state index is -2.04. The quantitative estimate of drug-likeness (QED) is 0.407. The smallest absolute Gasteiger partial charge is 0.333 e. The first-order valence-corrected chi connectivity index (χ1v) is 11.5. The van der Waals surface area contributed by atoms with Crippen molar-refractivity contribution in [2.75, 3.05) is 0 Å². The molecular weight excluding hydrogens is 432 g/mol. The van der Waals surface area contributed by atoms with Gasteiger partial charge >= 0.3 is 17.9 Å². The van der Waals surface area contributed by atoms with E-state index >= 15 is 0 Å². The Morgan fingerprint density at radius 2 is 1.61 bits per heavy atom. The van der Waals surface area contributed by atoms with Gasteiger partial charge in [0.15, 0.2) is 0 Å². The molecule has 4 rings (SSSR count). The zero-order valence-corrected chi connectivity index (χ0v) is 20.0. The first-order valence-electron chi connectivity index (χ1n) is 11.5. The van der Waals surface area contributed by atoms with Crippen LogP contribution in [0.25, 0.3) is 0 Å². The predicted octanol–water partition coefficient (Wildman–Crippen LogP) is 1.37. The van der Waals surface area contributed by atoms with Gasteiger partial charge in [-0.3, -0.25) is 9.59 Å². The fraction of sp³-hybridized carbons (Fsp3) is 0.792. The van der Waals surface area contributed by atoms with Crippen LogP contribution in [0.1, 0.15) is 67.2 Å². The Hall–Kier alpha value is -1.97. The Kier molecular flexibility index (Phi) is 5.14. The van der Waals surface area contributed by atoms with Crippen LogP contribution in [0.4, 0.5) is 0 Å². The number of hydrogen-bond acceptors (Lipinski definition) is 9. The van der Waals surface area contributed by atoms with Crippen molar-refractivity contribution in [3.05, 3.63) is 11.6 Å². The molecule has 0 saturated heterocycles. The summed E-state index contributed by atoms with van der Waals surface area (Å²) in [6.07, 6.45) is 0.133. The fourth-order valence-electron chi connectivity index (χ4n) is 7.63. The van der Waals surface area contributed by atoms with Gasteiger partial charge in [-0.2, -0.15) is 0 Å². The highest BCUT2D eigenvalue weighted by Gasteiger charge is 2.76. The number of hydrogen-bond donors (Lipinski definition) is 3. The van der Waals surface area contributed by atoms with E-state index in [0.717, 1.165) is 6.08 Å². The molecule has 3 N–H and O–H groups in total. The SMILES string of the molecule is CC(=O)OC1CC(C)(C)C2(O)CCC3C(CC4(O)OC(=O)C=C4C3(C)O)C2(C)C1OC(C)=O. The van der Waals surface area contributed by atoms with E-state index in [2.05, 4.69) is 0 Å². The molecule has 9 nitrogen and oxygen atoms in total. The fourth-order valence-corrected chi connectivity index (χ4v) is 7.63. The van der Waals surface area contributed by atoms with E-state index in [0.29, 0.717) is 12.8 Å². The number of carbonyl (C=O) groups excluding carboxylic acids is 3. The predicted molar refractivity (Wildman–Crippen MR) is 113 cm³/mol. The molecule has 1 aliphatic heterocycles. The van der Waals surface area contributed by atoms with Crippen molar-refractivity contribution < 1.29 is 43.9 Å². The molecule has 1 heterocycles. The molecule has 0 amide bonds. The molecule has 184 valence electrons. The lowest BCUT2D eigenvalue weighted by Gasteiger charge is -2.69. The monoisotopic (exact) mass is 466 g/mol. The topological polar surface area (TPSA) is 140 Å². The average Bonchev–Trinajstić information content (AvgIpc) is 2.96. The zero-order chi connectivity index (χ0) is 24.8. The van der Waals surface area contributed by atoms with E-state index in [1.807, 2.05) is 13.8 Å². The van der Waals surface area contributed by atoms with E-state index in [-0.39, 0.29) is 18.4 Å². The molecule has 8 atom stereocenters. The lowest BCUT2D eigenvalue weighted by Crippen LogP contribution is -2.76. The third-order valence-corrected chi connectivity index (χ3v) is 9.05. The van der Waals surface area contributed by atoms with Gasteiger partial charge in [-0.1, -0.05) is 20.8 Å². The summed E-state index contributed by atoms with van der Waals surface area (Å²) < 4.78 is 16.6. The zero-order valence-electron chi connectivity index (χ0n) is 20.0. The lowest BCUT2D eigenvalue weighted by atomic mass is 9.39. The molecule has 3 aliphatic carbocycles. The Bertz CT molecular complexity index is 936. The van der Waals surface area contributed by atoms with Crippen LogP contribution in [-0.4, -0.2) is 62.4 Å². The second-order valence-corrected chi connectivity index (χ2v) is 11.3. The summed E-state index contributed by atoms with van der Waals surface area (Å²) in [5.74, 6) is -5.04. The van der Waals surface area contributed by atoms with Gasteiger partial charge in [-0.25, -0.2) is 4.79 Å². The third kappa shape index (κ3) is 3.12. The van der Waals surface area contributed by atoms with Gasteiger partial charge in [0.25, 0.3) is 0 Å². The van der Waals surface area contributed by atoms with Gasteiger partial charge in [0.05, 0.1) is 11.2 Å². The van der Waals surface area contributed by atoms with E-state index < -0.39 is 69.8 Å². The van der Waals surface area contributed by atoms with Crippen LogP contribution in [-0.2, 0) is 28.6 Å². The highest BCUT2D eigenvalue weighted by Crippen LogP contribution is 2.69. The number of ether oxygens (including phenoxy) is 3. The number of aliphatic hydroxyl groups is 3. The molecular formula is C24H34O9. The maximum Gasteiger partial charge on any atom is 0.333 e. The van der Waals surface area contributed by atoms with Crippen LogP contribution in [0, 0.1) is 22.7 Å². The van der Waals surface area contributed by atoms with Gasteiger partial charge in [-0.15, -0.1) is 0 Å². The van der Waals surface area contributed by atoms with Crippen LogP contribution in [0.2, 0.25) is 0 Å². The van der Waals surface area contributed by atoms with E-state index in [9.17, 15) is 29.7 Å². The second-order valence-electron chi connectivity index (χ2n) is 11.3. The largest absolute Gasteiger partial charge is 0.459 e. The minimum absolute atomic E-state index is 0.0924. The molecule has 0 spiro atoms. The molecule has 0 aromatic rings. The molecule has 0 aromatic heterocycles. The molecule has 33 heavy (non-hydrogen) atoms. The number of carbonyl (C=O) groups is 3. The van der Waals surface area contributed by atoms with Crippen LogP contribution < -0.4 is 0 Å². The summed E-state index contributed by atoms with van der Waals surface area (Å²) in [6.45, 7) is 9.57. The summed E-state index contributed by atoms with van der Waals surface area (Å²) in [4.78, 5) is 36.2. The van der Waals surface area contributed by atoms with Gasteiger partial charge < -0.3 is 29.5 Å². The van der Waals surface area contributed by atoms with Crippen molar-refractivity contribution in [1.29, 1.82) is 0 Å². The van der Waals surface area contributed by atoms with E-state index in [4.69, 9.17) is 14.2 Å². The molecule has 8 unspecified atom stereocenters. The first-order chi connectivity index (χ1) is 15.0. The molecule has 0 aromatic carbocycles. The van der Waals surface area contributed by atoms with Gasteiger partial charge in [-0.05, 0) is 43.4 Å². The van der Waals surface area contributed by atoms with Crippen LogP contribution in [0.15, 0.2) is 11.6 Å². The average molecular weight is 467 g/mol. The van der Waals surface area contributed by atoms with Gasteiger partial charge in [0, 0.05) is 37.3 Å². The van der Waals surface area contributed by atoms with Crippen molar-refractivity contribution in [3.63, 3.8) is 0 Å². The first kappa shape index (κ1) is 24.2. The summed E-state index contributed by atoms with van der Waals surface area (Å²) in [5, 5.41) is 35.2. The Labute approximate surface area is 193 Å². The normalized spacial score (nSPS) is 47.9. The van der Waals surface area contributed by atoms with Crippen LogP contribution in [0.5, 0.6) is 0 Å². The van der Waals surface area contributed by atoms with Crippen LogP contribution >= 0.6 is 0 Å². The van der Waals surface area contributed by atoms with Crippen molar-refractivity contribution >= 4 is 17.9 Å². The van der Waals surface area contributed by atoms with E-state index in [1.54, 1.807) is 6.92 Å². The minimum Gasteiger partial charge on any atom is -0.459 e. The molecule has 0 bridgehead atoms. The molecule has 3 saturated carbocycles. The van der Waals surface area contributed by atoms with E-state index in [1.165, 1.54) is 20.8 Å². The number of rotatable bonds is 2. The molecule has 4 aliphatic rings.